The van der Waals surface area contributed by atoms with E-state index in [0.29, 0.717) is 26.9 Å². The molecule has 0 aromatic heterocycles. The second-order valence-electron chi connectivity index (χ2n) is 6.67. The van der Waals surface area contributed by atoms with E-state index in [0.717, 1.165) is 10.8 Å². The molecule has 1 aliphatic heterocycles. The van der Waals surface area contributed by atoms with Gasteiger partial charge in [-0.05, 0) is 29.0 Å². The molecule has 0 saturated heterocycles. The fraction of sp³-hybridized carbons (Fsp3) is 0.143. The smallest absolute Gasteiger partial charge is 0.326 e. The van der Waals surface area contributed by atoms with Crippen LogP contribution in [0.15, 0.2) is 54.6 Å². The van der Waals surface area contributed by atoms with Crippen molar-refractivity contribution in [2.75, 3.05) is 5.32 Å². The van der Waals surface area contributed by atoms with Gasteiger partial charge in [-0.2, -0.15) is 0 Å². The first-order valence-corrected chi connectivity index (χ1v) is 9.46. The lowest BCUT2D eigenvalue weighted by Crippen LogP contribution is -2.41. The Morgan fingerprint density at radius 1 is 1.07 bits per heavy atom. The number of carbonyl (C=O) groups excluding carboxylic acids is 1. The maximum Gasteiger partial charge on any atom is 0.326 e. The lowest BCUT2D eigenvalue weighted by molar-refractivity contribution is -0.138. The van der Waals surface area contributed by atoms with Crippen LogP contribution in [-0.2, 0) is 4.79 Å². The summed E-state index contributed by atoms with van der Waals surface area (Å²) in [5.41, 5.74) is 1.67. The summed E-state index contributed by atoms with van der Waals surface area (Å²) in [4.78, 5) is 24.6. The zero-order valence-corrected chi connectivity index (χ0v) is 16.1. The van der Waals surface area contributed by atoms with Gasteiger partial charge in [-0.15, -0.1) is 0 Å². The molecule has 1 aliphatic rings. The monoisotopic (exact) mass is 414 g/mol. The maximum atomic E-state index is 13.0. The Balaban J connectivity index is 1.72. The van der Waals surface area contributed by atoms with Crippen molar-refractivity contribution in [1.29, 1.82) is 0 Å². The van der Waals surface area contributed by atoms with Gasteiger partial charge in [-0.1, -0.05) is 59.6 Å². The van der Waals surface area contributed by atoms with Gasteiger partial charge in [0.15, 0.2) is 0 Å². The summed E-state index contributed by atoms with van der Waals surface area (Å²) in [5.74, 6) is -1.30. The van der Waals surface area contributed by atoms with E-state index < -0.39 is 18.1 Å². The van der Waals surface area contributed by atoms with Gasteiger partial charge >= 0.3 is 5.97 Å². The third kappa shape index (κ3) is 3.39. The molecular weight excluding hydrogens is 399 g/mol. The number of amides is 1. The zero-order valence-electron chi connectivity index (χ0n) is 14.6. The van der Waals surface area contributed by atoms with E-state index in [1.54, 1.807) is 18.2 Å². The average Bonchev–Trinajstić information content (AvgIpc) is 2.66. The van der Waals surface area contributed by atoms with E-state index in [1.165, 1.54) is 0 Å². The fourth-order valence-corrected chi connectivity index (χ4v) is 4.24. The topological polar surface area (TPSA) is 78.4 Å². The van der Waals surface area contributed by atoms with E-state index in [-0.39, 0.29) is 12.3 Å². The molecule has 4 rings (SSSR count). The summed E-state index contributed by atoms with van der Waals surface area (Å²) >= 11 is 12.4. The van der Waals surface area contributed by atoms with E-state index >= 15 is 0 Å². The molecule has 3 N–H and O–H groups in total. The maximum absolute atomic E-state index is 13.0. The van der Waals surface area contributed by atoms with Crippen molar-refractivity contribution >= 4 is 51.5 Å². The molecule has 0 aliphatic carbocycles. The third-order valence-corrected chi connectivity index (χ3v) is 5.41. The number of carboxylic acids is 1. The Hall–Kier alpha value is -2.76. The highest BCUT2D eigenvalue weighted by Gasteiger charge is 2.33. The molecule has 5 nitrogen and oxygen atoms in total. The van der Waals surface area contributed by atoms with Crippen molar-refractivity contribution in [2.45, 2.75) is 18.5 Å². The quantitative estimate of drug-likeness (QED) is 0.570. The normalized spacial score (nSPS) is 18.2. The van der Waals surface area contributed by atoms with Crippen LogP contribution in [0.25, 0.3) is 10.8 Å². The fourth-order valence-electron chi connectivity index (χ4n) is 3.61. The number of carboxylic acid groups (broad SMARTS) is 1. The largest absolute Gasteiger partial charge is 0.480 e. The first-order valence-electron chi connectivity index (χ1n) is 8.71. The van der Waals surface area contributed by atoms with Crippen LogP contribution in [0.1, 0.15) is 28.4 Å². The third-order valence-electron chi connectivity index (χ3n) is 4.88. The molecule has 0 saturated carbocycles. The van der Waals surface area contributed by atoms with Crippen LogP contribution in [0.2, 0.25) is 10.0 Å². The Labute approximate surface area is 171 Å². The van der Waals surface area contributed by atoms with Crippen LogP contribution in [0.3, 0.4) is 0 Å². The molecule has 1 amide bonds. The van der Waals surface area contributed by atoms with Crippen LogP contribution in [-0.4, -0.2) is 23.0 Å². The molecule has 2 atom stereocenters. The lowest BCUT2D eigenvalue weighted by Gasteiger charge is -2.32. The number of aliphatic carboxylic acids is 1. The number of hydrogen-bond donors (Lipinski definition) is 3. The summed E-state index contributed by atoms with van der Waals surface area (Å²) in [6, 6.07) is 14.9. The van der Waals surface area contributed by atoms with Crippen molar-refractivity contribution in [2.24, 2.45) is 0 Å². The van der Waals surface area contributed by atoms with Gasteiger partial charge < -0.3 is 15.7 Å². The second kappa shape index (κ2) is 7.34. The number of rotatable bonds is 3. The van der Waals surface area contributed by atoms with Crippen LogP contribution in [0.5, 0.6) is 0 Å². The number of benzene rings is 3. The van der Waals surface area contributed by atoms with Crippen molar-refractivity contribution < 1.29 is 14.7 Å². The van der Waals surface area contributed by atoms with Gasteiger partial charge in [0.2, 0.25) is 0 Å². The van der Waals surface area contributed by atoms with Gasteiger partial charge in [0.05, 0.1) is 6.04 Å². The predicted octanol–water partition coefficient (Wildman–Crippen LogP) is 4.89. The molecule has 28 heavy (non-hydrogen) atoms. The molecule has 7 heteroatoms. The Morgan fingerprint density at radius 3 is 2.61 bits per heavy atom. The minimum Gasteiger partial charge on any atom is -0.480 e. The lowest BCUT2D eigenvalue weighted by atomic mass is 9.92. The number of halogens is 2. The number of nitrogens with one attached hydrogen (secondary N) is 2. The summed E-state index contributed by atoms with van der Waals surface area (Å²) in [7, 11) is 0. The SMILES string of the molecule is O=C(N[C@@H]1C[C@@H](C(=O)O)Nc2cc(Cl)cc(Cl)c21)c1cccc2ccccc12. The molecule has 0 spiro atoms. The molecule has 1 heterocycles. The average molecular weight is 415 g/mol. The zero-order chi connectivity index (χ0) is 19.8. The van der Waals surface area contributed by atoms with Crippen molar-refractivity contribution in [3.8, 4) is 0 Å². The first-order chi connectivity index (χ1) is 13.4. The molecule has 3 aromatic rings. The van der Waals surface area contributed by atoms with Gasteiger partial charge in [-0.3, -0.25) is 4.79 Å². The van der Waals surface area contributed by atoms with Gasteiger partial charge in [-0.25, -0.2) is 4.79 Å². The Morgan fingerprint density at radius 2 is 1.82 bits per heavy atom. The van der Waals surface area contributed by atoms with Crippen molar-refractivity contribution in [3.63, 3.8) is 0 Å². The molecule has 3 aromatic carbocycles. The highest BCUT2D eigenvalue weighted by atomic mass is 35.5. The summed E-state index contributed by atoms with van der Waals surface area (Å²) in [5, 5.41) is 17.9. The molecular formula is C21H16Cl2N2O3. The standard InChI is InChI=1S/C21H16Cl2N2O3/c22-12-8-15(23)19-16(9-12)24-18(21(27)28)10-17(19)25-20(26)14-7-3-5-11-4-1-2-6-13(11)14/h1-9,17-18,24H,10H2,(H,25,26)(H,27,28)/t17-,18+/m1/s1. The Kier molecular flexibility index (Phi) is 4.87. The van der Waals surface area contributed by atoms with Gasteiger partial charge in [0, 0.05) is 33.3 Å². The molecule has 0 unspecified atom stereocenters. The van der Waals surface area contributed by atoms with E-state index in [4.69, 9.17) is 23.2 Å². The first kappa shape index (κ1) is 18.6. The minimum absolute atomic E-state index is 0.167. The molecule has 0 fully saturated rings. The van der Waals surface area contributed by atoms with Crippen LogP contribution < -0.4 is 10.6 Å². The van der Waals surface area contributed by atoms with E-state index in [2.05, 4.69) is 10.6 Å². The molecule has 0 radical (unpaired) electrons. The number of fused-ring (bicyclic) bond motifs is 2. The molecule has 142 valence electrons. The van der Waals surface area contributed by atoms with Crippen LogP contribution in [0.4, 0.5) is 5.69 Å². The van der Waals surface area contributed by atoms with Gasteiger partial charge in [0.25, 0.3) is 5.91 Å². The number of anilines is 1. The molecule has 0 bridgehead atoms. The highest BCUT2D eigenvalue weighted by molar-refractivity contribution is 6.35. The van der Waals surface area contributed by atoms with Crippen molar-refractivity contribution in [1.82, 2.24) is 5.32 Å². The summed E-state index contributed by atoms with van der Waals surface area (Å²) in [6.45, 7) is 0. The highest BCUT2D eigenvalue weighted by Crippen LogP contribution is 2.40. The summed E-state index contributed by atoms with van der Waals surface area (Å²) < 4.78 is 0. The minimum atomic E-state index is -1.01. The van der Waals surface area contributed by atoms with E-state index in [1.807, 2.05) is 36.4 Å². The van der Waals surface area contributed by atoms with Crippen molar-refractivity contribution in [3.05, 3.63) is 75.8 Å². The summed E-state index contributed by atoms with van der Waals surface area (Å²) in [6.07, 6.45) is 0.167. The second-order valence-corrected chi connectivity index (χ2v) is 7.52. The Bertz CT molecular complexity index is 1090. The van der Waals surface area contributed by atoms with Crippen LogP contribution in [0, 0.1) is 0 Å². The predicted molar refractivity (Wildman–Crippen MR) is 110 cm³/mol. The van der Waals surface area contributed by atoms with E-state index in [9.17, 15) is 14.7 Å². The van der Waals surface area contributed by atoms with Gasteiger partial charge in [0.1, 0.15) is 6.04 Å². The number of carbonyl (C=O) groups is 2. The van der Waals surface area contributed by atoms with Crippen LogP contribution >= 0.6 is 23.2 Å². The number of hydrogen-bond acceptors (Lipinski definition) is 3.